The maximum atomic E-state index is 11.9. The van der Waals surface area contributed by atoms with Crippen molar-refractivity contribution in [1.29, 1.82) is 0 Å². The molecule has 23 heavy (non-hydrogen) atoms. The van der Waals surface area contributed by atoms with E-state index in [0.29, 0.717) is 16.4 Å². The minimum Gasteiger partial charge on any atom is -0.325 e. The monoisotopic (exact) mass is 346 g/mol. The standard InChI is InChI=1S/C15H11ClN4O2S/c16-10-4-3-5-11(8-10)17-13(21)9-23-14-18-12-6-1-2-7-20(12)15(22)19-14/h1-8H,9H2,(H,17,21). The zero-order chi connectivity index (χ0) is 16.2. The van der Waals surface area contributed by atoms with Gasteiger partial charge < -0.3 is 5.32 Å². The molecule has 0 saturated carbocycles. The third kappa shape index (κ3) is 3.88. The van der Waals surface area contributed by atoms with Crippen molar-refractivity contribution in [1.82, 2.24) is 14.4 Å². The molecule has 0 unspecified atom stereocenters. The van der Waals surface area contributed by atoms with Gasteiger partial charge in [-0.15, -0.1) is 0 Å². The number of hydrogen-bond acceptors (Lipinski definition) is 5. The highest BCUT2D eigenvalue weighted by atomic mass is 35.5. The van der Waals surface area contributed by atoms with E-state index in [1.54, 1.807) is 48.7 Å². The van der Waals surface area contributed by atoms with Crippen molar-refractivity contribution in [2.24, 2.45) is 0 Å². The van der Waals surface area contributed by atoms with E-state index >= 15 is 0 Å². The second-order valence-electron chi connectivity index (χ2n) is 4.56. The van der Waals surface area contributed by atoms with Crippen LogP contribution >= 0.6 is 23.4 Å². The number of pyridine rings is 1. The number of benzene rings is 1. The Morgan fingerprint density at radius 2 is 2.09 bits per heavy atom. The minimum atomic E-state index is -0.423. The summed E-state index contributed by atoms with van der Waals surface area (Å²) in [6.07, 6.45) is 1.60. The maximum absolute atomic E-state index is 11.9. The summed E-state index contributed by atoms with van der Waals surface area (Å²) in [5, 5.41) is 3.53. The summed E-state index contributed by atoms with van der Waals surface area (Å²) < 4.78 is 1.34. The van der Waals surface area contributed by atoms with Gasteiger partial charge in [0.05, 0.1) is 5.75 Å². The van der Waals surface area contributed by atoms with Crippen LogP contribution in [0.15, 0.2) is 58.6 Å². The Morgan fingerprint density at radius 3 is 2.91 bits per heavy atom. The smallest absolute Gasteiger partial charge is 0.325 e. The second kappa shape index (κ2) is 6.80. The van der Waals surface area contributed by atoms with Gasteiger partial charge in [-0.05, 0) is 30.3 Å². The first-order valence-corrected chi connectivity index (χ1v) is 8.02. The molecule has 0 fully saturated rings. The molecule has 0 bridgehead atoms. The summed E-state index contributed by atoms with van der Waals surface area (Å²) in [6.45, 7) is 0. The Balaban J connectivity index is 1.68. The van der Waals surface area contributed by atoms with Crippen molar-refractivity contribution in [2.45, 2.75) is 5.16 Å². The number of amides is 1. The van der Waals surface area contributed by atoms with E-state index in [1.165, 1.54) is 4.40 Å². The lowest BCUT2D eigenvalue weighted by Gasteiger charge is -2.05. The third-order valence-electron chi connectivity index (χ3n) is 2.89. The summed E-state index contributed by atoms with van der Waals surface area (Å²) in [7, 11) is 0. The SMILES string of the molecule is O=C(CSc1nc(=O)n2ccccc2n1)Nc1cccc(Cl)c1. The average molecular weight is 347 g/mol. The lowest BCUT2D eigenvalue weighted by molar-refractivity contribution is -0.113. The first-order chi connectivity index (χ1) is 11.1. The highest BCUT2D eigenvalue weighted by Gasteiger charge is 2.08. The van der Waals surface area contributed by atoms with Crippen LogP contribution < -0.4 is 11.0 Å². The molecular weight excluding hydrogens is 336 g/mol. The van der Waals surface area contributed by atoms with E-state index in [4.69, 9.17) is 11.6 Å². The largest absolute Gasteiger partial charge is 0.355 e. The van der Waals surface area contributed by atoms with Crippen LogP contribution in [0.1, 0.15) is 0 Å². The van der Waals surface area contributed by atoms with Gasteiger partial charge in [0.1, 0.15) is 5.65 Å². The number of halogens is 1. The lowest BCUT2D eigenvalue weighted by atomic mass is 10.3. The molecule has 3 rings (SSSR count). The summed E-state index contributed by atoms with van der Waals surface area (Å²) in [5.41, 5.74) is 0.682. The Morgan fingerprint density at radius 1 is 1.22 bits per heavy atom. The highest BCUT2D eigenvalue weighted by Crippen LogP contribution is 2.16. The number of carbonyl (C=O) groups excluding carboxylic acids is 1. The summed E-state index contributed by atoms with van der Waals surface area (Å²) in [6, 6.07) is 12.1. The second-order valence-corrected chi connectivity index (χ2v) is 5.94. The Labute approximate surface area is 140 Å². The number of nitrogens with zero attached hydrogens (tertiary/aromatic N) is 3. The number of rotatable bonds is 4. The molecule has 2 heterocycles. The van der Waals surface area contributed by atoms with Crippen molar-refractivity contribution < 1.29 is 4.79 Å². The lowest BCUT2D eigenvalue weighted by Crippen LogP contribution is -2.20. The first kappa shape index (κ1) is 15.5. The molecule has 8 heteroatoms. The molecule has 6 nitrogen and oxygen atoms in total. The van der Waals surface area contributed by atoms with E-state index in [0.717, 1.165) is 11.8 Å². The summed E-state index contributed by atoms with van der Waals surface area (Å²) in [5.74, 6) is -0.135. The number of anilines is 1. The van der Waals surface area contributed by atoms with Gasteiger partial charge in [0.2, 0.25) is 5.91 Å². The van der Waals surface area contributed by atoms with Gasteiger partial charge in [-0.3, -0.25) is 9.20 Å². The van der Waals surface area contributed by atoms with Crippen molar-refractivity contribution in [3.8, 4) is 0 Å². The molecule has 0 aliphatic rings. The molecule has 0 aliphatic heterocycles. The predicted molar refractivity (Wildman–Crippen MR) is 90.1 cm³/mol. The number of thioether (sulfide) groups is 1. The molecular formula is C15H11ClN4O2S. The van der Waals surface area contributed by atoms with Crippen molar-refractivity contribution in [2.75, 3.05) is 11.1 Å². The fourth-order valence-electron chi connectivity index (χ4n) is 1.90. The van der Waals surface area contributed by atoms with Gasteiger partial charge in [-0.2, -0.15) is 4.98 Å². The quantitative estimate of drug-likeness (QED) is 0.734. The van der Waals surface area contributed by atoms with Crippen LogP contribution in [0.25, 0.3) is 5.65 Å². The van der Waals surface area contributed by atoms with Gasteiger partial charge >= 0.3 is 5.69 Å². The van der Waals surface area contributed by atoms with Gasteiger partial charge in [0.25, 0.3) is 0 Å². The molecule has 1 amide bonds. The average Bonchev–Trinajstić information content (AvgIpc) is 2.53. The highest BCUT2D eigenvalue weighted by molar-refractivity contribution is 7.99. The van der Waals surface area contributed by atoms with Crippen LogP contribution in [-0.4, -0.2) is 26.0 Å². The van der Waals surface area contributed by atoms with Gasteiger partial charge in [0.15, 0.2) is 5.16 Å². The van der Waals surface area contributed by atoms with E-state index in [1.807, 2.05) is 0 Å². The molecule has 0 saturated heterocycles. The molecule has 0 atom stereocenters. The Hall–Kier alpha value is -2.38. The number of nitrogens with one attached hydrogen (secondary N) is 1. The van der Waals surface area contributed by atoms with E-state index in [2.05, 4.69) is 15.3 Å². The van der Waals surface area contributed by atoms with Gasteiger partial charge in [0, 0.05) is 16.9 Å². The normalized spacial score (nSPS) is 10.7. The number of carbonyl (C=O) groups is 1. The molecule has 0 radical (unpaired) electrons. The Kier molecular flexibility index (Phi) is 4.59. The third-order valence-corrected chi connectivity index (χ3v) is 3.97. The Bertz CT molecular complexity index is 928. The molecule has 116 valence electrons. The molecule has 3 aromatic rings. The van der Waals surface area contributed by atoms with Gasteiger partial charge in [-0.25, -0.2) is 9.78 Å². The zero-order valence-corrected chi connectivity index (χ0v) is 13.3. The molecule has 2 aromatic heterocycles. The maximum Gasteiger partial charge on any atom is 0.355 e. The van der Waals surface area contributed by atoms with Crippen molar-refractivity contribution in [3.05, 3.63) is 64.2 Å². The van der Waals surface area contributed by atoms with Gasteiger partial charge in [-0.1, -0.05) is 35.5 Å². The minimum absolute atomic E-state index is 0.0922. The van der Waals surface area contributed by atoms with E-state index in [-0.39, 0.29) is 16.8 Å². The zero-order valence-electron chi connectivity index (χ0n) is 11.8. The van der Waals surface area contributed by atoms with Crippen LogP contribution in [0, 0.1) is 0 Å². The van der Waals surface area contributed by atoms with Crippen LogP contribution in [0.5, 0.6) is 0 Å². The first-order valence-electron chi connectivity index (χ1n) is 6.65. The molecule has 1 N–H and O–H groups in total. The van der Waals surface area contributed by atoms with Crippen LogP contribution in [0.2, 0.25) is 5.02 Å². The summed E-state index contributed by atoms with van der Waals surface area (Å²) in [4.78, 5) is 31.9. The van der Waals surface area contributed by atoms with E-state index in [9.17, 15) is 9.59 Å². The molecule has 0 aliphatic carbocycles. The van der Waals surface area contributed by atoms with Crippen LogP contribution in [-0.2, 0) is 4.79 Å². The predicted octanol–water partition coefficient (Wildman–Crippen LogP) is 2.47. The number of hydrogen-bond donors (Lipinski definition) is 1. The van der Waals surface area contributed by atoms with E-state index < -0.39 is 5.69 Å². The number of fused-ring (bicyclic) bond motifs is 1. The van der Waals surface area contributed by atoms with Crippen LogP contribution in [0.3, 0.4) is 0 Å². The molecule has 1 aromatic carbocycles. The fraction of sp³-hybridized carbons (Fsp3) is 0.0667. The summed E-state index contributed by atoms with van der Waals surface area (Å²) >= 11 is 6.96. The number of aromatic nitrogens is 3. The fourth-order valence-corrected chi connectivity index (χ4v) is 2.73. The topological polar surface area (TPSA) is 76.4 Å². The molecule has 0 spiro atoms. The van der Waals surface area contributed by atoms with Crippen molar-refractivity contribution >= 4 is 40.6 Å². The van der Waals surface area contributed by atoms with Crippen LogP contribution in [0.4, 0.5) is 5.69 Å². The van der Waals surface area contributed by atoms with Crippen molar-refractivity contribution in [3.63, 3.8) is 0 Å².